The summed E-state index contributed by atoms with van der Waals surface area (Å²) >= 11 is 6.37. The van der Waals surface area contributed by atoms with Crippen LogP contribution < -0.4 is 0 Å². The average molecular weight is 184 g/mol. The molecule has 0 spiro atoms. The van der Waals surface area contributed by atoms with Crippen LogP contribution in [-0.2, 0) is 0 Å². The monoisotopic (exact) mass is 183 g/mol. The molecule has 2 heteroatoms. The topological polar surface area (TPSA) is 23.8 Å². The van der Waals surface area contributed by atoms with Gasteiger partial charge in [-0.15, -0.1) is 11.6 Å². The van der Waals surface area contributed by atoms with E-state index in [-0.39, 0.29) is 0 Å². The Hall–Kier alpha value is -0.220. The van der Waals surface area contributed by atoms with E-state index >= 15 is 0 Å². The number of hydrogen-bond acceptors (Lipinski definition) is 1. The Morgan fingerprint density at radius 3 is 1.67 bits per heavy atom. The van der Waals surface area contributed by atoms with Crippen LogP contribution in [0.2, 0.25) is 0 Å². The molecular weight excluding hydrogens is 170 g/mol. The molecular formula is C10H14ClN. The summed E-state index contributed by atoms with van der Waals surface area (Å²) in [6.45, 7) is 0. The molecule has 0 N–H and O–H groups in total. The fourth-order valence-corrected chi connectivity index (χ4v) is 2.61. The van der Waals surface area contributed by atoms with Crippen molar-refractivity contribution in [1.82, 2.24) is 0 Å². The largest absolute Gasteiger partial charge is 0.196 e. The summed E-state index contributed by atoms with van der Waals surface area (Å²) in [7, 11) is 0. The lowest BCUT2D eigenvalue weighted by Gasteiger charge is -2.44. The van der Waals surface area contributed by atoms with Crippen LogP contribution in [0.3, 0.4) is 0 Å². The molecule has 0 aromatic rings. The highest BCUT2D eigenvalue weighted by molar-refractivity contribution is 6.26. The van der Waals surface area contributed by atoms with Crippen LogP contribution >= 0.6 is 11.6 Å². The van der Waals surface area contributed by atoms with E-state index in [1.807, 2.05) is 0 Å². The fourth-order valence-electron chi connectivity index (χ4n) is 2.17. The summed E-state index contributed by atoms with van der Waals surface area (Å²) in [4.78, 5) is -0.490. The van der Waals surface area contributed by atoms with E-state index in [4.69, 9.17) is 16.9 Å². The quantitative estimate of drug-likeness (QED) is 0.604. The lowest BCUT2D eigenvalue weighted by atomic mass is 9.64. The Balaban J connectivity index is 2.06. The fraction of sp³-hybridized carbons (Fsp3) is 0.900. The highest BCUT2D eigenvalue weighted by Crippen LogP contribution is 2.50. The Kier molecular flexibility index (Phi) is 2.04. The van der Waals surface area contributed by atoms with Crippen molar-refractivity contribution in [2.45, 2.75) is 43.4 Å². The van der Waals surface area contributed by atoms with Gasteiger partial charge in [-0.3, -0.25) is 0 Å². The molecule has 0 atom stereocenters. The lowest BCUT2D eigenvalue weighted by molar-refractivity contribution is 0.155. The van der Waals surface area contributed by atoms with Gasteiger partial charge in [0.1, 0.15) is 4.87 Å². The molecule has 0 amide bonds. The minimum absolute atomic E-state index is 0.490. The van der Waals surface area contributed by atoms with Crippen molar-refractivity contribution < 1.29 is 0 Å². The van der Waals surface area contributed by atoms with Gasteiger partial charge >= 0.3 is 0 Å². The third-order valence-electron chi connectivity index (χ3n) is 3.57. The zero-order chi connectivity index (χ0) is 8.60. The maximum atomic E-state index is 9.07. The van der Waals surface area contributed by atoms with E-state index in [1.54, 1.807) is 0 Å². The predicted molar refractivity (Wildman–Crippen MR) is 48.9 cm³/mol. The van der Waals surface area contributed by atoms with Gasteiger partial charge in [-0.25, -0.2) is 0 Å². The Morgan fingerprint density at radius 1 is 1.08 bits per heavy atom. The molecule has 12 heavy (non-hydrogen) atoms. The molecule has 2 rings (SSSR count). The molecule has 2 saturated carbocycles. The SMILES string of the molecule is N#CC(Cl)(C1CCC1)C1CCC1. The summed E-state index contributed by atoms with van der Waals surface area (Å²) in [5.74, 6) is 0.990. The highest BCUT2D eigenvalue weighted by atomic mass is 35.5. The van der Waals surface area contributed by atoms with Gasteiger partial charge in [-0.2, -0.15) is 5.26 Å². The minimum Gasteiger partial charge on any atom is -0.196 e. The smallest absolute Gasteiger partial charge is 0.136 e. The standard InChI is InChI=1S/C10H14ClN/c11-10(7-12,8-3-1-4-8)9-5-2-6-9/h8-9H,1-6H2. The third-order valence-corrected chi connectivity index (χ3v) is 4.27. The second kappa shape index (κ2) is 2.92. The van der Waals surface area contributed by atoms with Crippen molar-refractivity contribution in [2.75, 3.05) is 0 Å². The summed E-state index contributed by atoms with van der Waals surface area (Å²) in [6.07, 6.45) is 7.24. The molecule has 0 heterocycles. The molecule has 0 unspecified atom stereocenters. The first-order valence-electron chi connectivity index (χ1n) is 4.87. The van der Waals surface area contributed by atoms with E-state index in [0.717, 1.165) is 0 Å². The Morgan fingerprint density at radius 2 is 1.50 bits per heavy atom. The maximum Gasteiger partial charge on any atom is 0.136 e. The first-order chi connectivity index (χ1) is 5.77. The number of hydrogen-bond donors (Lipinski definition) is 0. The molecule has 0 aromatic carbocycles. The molecule has 0 aromatic heterocycles. The molecule has 0 bridgehead atoms. The van der Waals surface area contributed by atoms with Crippen molar-refractivity contribution in [2.24, 2.45) is 11.8 Å². The summed E-state index contributed by atoms with van der Waals surface area (Å²) in [5, 5.41) is 9.07. The number of nitriles is 1. The number of nitrogens with zero attached hydrogens (tertiary/aromatic N) is 1. The minimum atomic E-state index is -0.490. The zero-order valence-electron chi connectivity index (χ0n) is 7.22. The second-order valence-corrected chi connectivity index (χ2v) is 4.76. The second-order valence-electron chi connectivity index (χ2n) is 4.14. The third kappa shape index (κ3) is 1.05. The molecule has 0 radical (unpaired) electrons. The van der Waals surface area contributed by atoms with Crippen LogP contribution in [0.4, 0.5) is 0 Å². The Labute approximate surface area is 78.7 Å². The van der Waals surface area contributed by atoms with Gasteiger partial charge in [0.15, 0.2) is 0 Å². The van der Waals surface area contributed by atoms with E-state index in [2.05, 4.69) is 6.07 Å². The van der Waals surface area contributed by atoms with Crippen molar-refractivity contribution in [3.05, 3.63) is 0 Å². The normalized spacial score (nSPS) is 25.7. The van der Waals surface area contributed by atoms with E-state index in [1.165, 1.54) is 38.5 Å². The van der Waals surface area contributed by atoms with Gasteiger partial charge in [0.25, 0.3) is 0 Å². The number of rotatable bonds is 2. The first-order valence-corrected chi connectivity index (χ1v) is 5.25. The molecule has 1 nitrogen and oxygen atoms in total. The summed E-state index contributed by atoms with van der Waals surface area (Å²) in [6, 6.07) is 2.35. The van der Waals surface area contributed by atoms with Crippen molar-refractivity contribution in [3.63, 3.8) is 0 Å². The van der Waals surface area contributed by atoms with Gasteiger partial charge in [-0.05, 0) is 37.5 Å². The summed E-state index contributed by atoms with van der Waals surface area (Å²) < 4.78 is 0. The van der Waals surface area contributed by atoms with E-state index < -0.39 is 4.87 Å². The van der Waals surface area contributed by atoms with E-state index in [0.29, 0.717) is 11.8 Å². The van der Waals surface area contributed by atoms with E-state index in [9.17, 15) is 0 Å². The van der Waals surface area contributed by atoms with Gasteiger partial charge in [0, 0.05) is 0 Å². The molecule has 0 saturated heterocycles. The predicted octanol–water partition coefficient (Wildman–Crippen LogP) is 3.09. The van der Waals surface area contributed by atoms with Crippen molar-refractivity contribution >= 4 is 11.6 Å². The molecule has 2 fully saturated rings. The van der Waals surface area contributed by atoms with Crippen LogP contribution in [0.1, 0.15) is 38.5 Å². The van der Waals surface area contributed by atoms with Crippen molar-refractivity contribution in [1.29, 1.82) is 5.26 Å². The van der Waals surface area contributed by atoms with Crippen LogP contribution in [0.5, 0.6) is 0 Å². The summed E-state index contributed by atoms with van der Waals surface area (Å²) in [5.41, 5.74) is 0. The van der Waals surface area contributed by atoms with Crippen LogP contribution in [0.25, 0.3) is 0 Å². The zero-order valence-corrected chi connectivity index (χ0v) is 7.98. The lowest BCUT2D eigenvalue weighted by Crippen LogP contribution is -2.44. The molecule has 0 aliphatic heterocycles. The Bertz CT molecular complexity index is 196. The van der Waals surface area contributed by atoms with Gasteiger partial charge < -0.3 is 0 Å². The van der Waals surface area contributed by atoms with Crippen LogP contribution in [0, 0.1) is 23.2 Å². The van der Waals surface area contributed by atoms with Crippen LogP contribution in [0.15, 0.2) is 0 Å². The van der Waals surface area contributed by atoms with Gasteiger partial charge in [0.05, 0.1) is 6.07 Å². The molecule has 66 valence electrons. The average Bonchev–Trinajstić information content (AvgIpc) is 1.79. The molecule has 2 aliphatic carbocycles. The maximum absolute atomic E-state index is 9.07. The van der Waals surface area contributed by atoms with Crippen molar-refractivity contribution in [3.8, 4) is 6.07 Å². The molecule has 2 aliphatic rings. The number of alkyl halides is 1. The van der Waals surface area contributed by atoms with Gasteiger partial charge in [0.2, 0.25) is 0 Å². The van der Waals surface area contributed by atoms with Crippen LogP contribution in [-0.4, -0.2) is 4.87 Å². The highest BCUT2D eigenvalue weighted by Gasteiger charge is 2.48. The first kappa shape index (κ1) is 8.38. The number of halogens is 1. The van der Waals surface area contributed by atoms with Gasteiger partial charge in [-0.1, -0.05) is 12.8 Å².